The molecule has 2 fully saturated rings. The van der Waals surface area contributed by atoms with Gasteiger partial charge in [0.15, 0.2) is 6.10 Å². The van der Waals surface area contributed by atoms with Crippen molar-refractivity contribution in [2.24, 2.45) is 0 Å². The average Bonchev–Trinajstić information content (AvgIpc) is 3.55. The highest BCUT2D eigenvalue weighted by molar-refractivity contribution is 7.08. The summed E-state index contributed by atoms with van der Waals surface area (Å²) in [5, 5.41) is 9.76. The van der Waals surface area contributed by atoms with Gasteiger partial charge in [0.05, 0.1) is 30.6 Å². The van der Waals surface area contributed by atoms with Crippen LogP contribution in [0, 0.1) is 0 Å². The summed E-state index contributed by atoms with van der Waals surface area (Å²) in [5.41, 5.74) is 3.67. The fourth-order valence-corrected chi connectivity index (χ4v) is 4.58. The van der Waals surface area contributed by atoms with Crippen molar-refractivity contribution in [1.29, 1.82) is 0 Å². The average molecular weight is 468 g/mol. The Balaban J connectivity index is 1.20. The molecule has 0 unspecified atom stereocenters. The smallest absolute Gasteiger partial charge is 0.412 e. The van der Waals surface area contributed by atoms with E-state index in [1.807, 2.05) is 49.1 Å². The molecule has 33 heavy (non-hydrogen) atoms. The van der Waals surface area contributed by atoms with E-state index in [1.54, 1.807) is 6.20 Å². The maximum atomic E-state index is 12.2. The van der Waals surface area contributed by atoms with Crippen LogP contribution in [0.4, 0.5) is 22.1 Å². The molecule has 4 heterocycles. The summed E-state index contributed by atoms with van der Waals surface area (Å²) >= 11 is 1.50. The van der Waals surface area contributed by atoms with Crippen molar-refractivity contribution in [2.45, 2.75) is 24.4 Å². The van der Waals surface area contributed by atoms with Crippen molar-refractivity contribution in [2.75, 3.05) is 42.8 Å². The minimum absolute atomic E-state index is 0.144. The van der Waals surface area contributed by atoms with E-state index in [1.165, 1.54) is 11.3 Å². The van der Waals surface area contributed by atoms with E-state index in [-0.39, 0.29) is 24.9 Å². The lowest BCUT2D eigenvalue weighted by molar-refractivity contribution is 0.00917. The van der Waals surface area contributed by atoms with Gasteiger partial charge in [-0.05, 0) is 29.6 Å². The molecular formula is C23H25N5O4S. The fraction of sp³-hybridized carbons (Fsp3) is 0.348. The molecule has 3 aromatic rings. The predicted molar refractivity (Wildman–Crippen MR) is 127 cm³/mol. The Bertz CT molecular complexity index is 1090. The number of carbonyl (C=O) groups is 1. The summed E-state index contributed by atoms with van der Waals surface area (Å²) in [4.78, 5) is 23.3. The molecule has 4 atom stereocenters. The Labute approximate surface area is 195 Å². The number of rotatable bonds is 6. The van der Waals surface area contributed by atoms with Crippen LogP contribution in [0.2, 0.25) is 0 Å². The topological polar surface area (TPSA) is 97.8 Å². The molecule has 1 amide bonds. The maximum Gasteiger partial charge on any atom is 0.412 e. The summed E-state index contributed by atoms with van der Waals surface area (Å²) < 4.78 is 17.4. The normalized spacial score (nSPS) is 23.7. The Kier molecular flexibility index (Phi) is 6.12. The number of ether oxygens (including phenoxy) is 3. The van der Waals surface area contributed by atoms with Gasteiger partial charge in [0, 0.05) is 36.9 Å². The number of hydrogen-bond donors (Lipinski definition) is 2. The molecule has 2 saturated heterocycles. The number of amides is 1. The molecule has 2 aromatic heterocycles. The maximum absolute atomic E-state index is 12.2. The quantitative estimate of drug-likeness (QED) is 0.569. The van der Waals surface area contributed by atoms with Gasteiger partial charge < -0.3 is 24.4 Å². The van der Waals surface area contributed by atoms with Gasteiger partial charge in [-0.3, -0.25) is 5.32 Å². The summed E-state index contributed by atoms with van der Waals surface area (Å²) in [6.07, 6.45) is 0.156. The standard InChI is InChI=1S/C23H25N5O4S/c1-28(2)16-5-3-14(4-6-16)17-7-9-24-22(26-17)27-18-11-30-21-19(12-31-20(18)21)32-23(29)25-15-8-10-33-13-15/h3-10,13,18-21H,11-12H2,1-2H3,(H,25,29)(H,24,26,27)/t18-,19+,20+,21+/m0/s1. The first kappa shape index (κ1) is 21.6. The second-order valence-corrected chi connectivity index (χ2v) is 8.91. The van der Waals surface area contributed by atoms with Crippen molar-refractivity contribution in [3.05, 3.63) is 53.4 Å². The highest BCUT2D eigenvalue weighted by atomic mass is 32.1. The predicted octanol–water partition coefficient (Wildman–Crippen LogP) is 3.47. The number of thiophene rings is 1. The minimum atomic E-state index is -0.515. The van der Waals surface area contributed by atoms with Gasteiger partial charge in [-0.2, -0.15) is 11.3 Å². The second-order valence-electron chi connectivity index (χ2n) is 8.13. The van der Waals surface area contributed by atoms with E-state index >= 15 is 0 Å². The monoisotopic (exact) mass is 467 g/mol. The van der Waals surface area contributed by atoms with Crippen LogP contribution in [0.3, 0.4) is 0 Å². The third-order valence-electron chi connectivity index (χ3n) is 5.68. The van der Waals surface area contributed by atoms with Gasteiger partial charge in [-0.25, -0.2) is 14.8 Å². The Morgan fingerprint density at radius 2 is 1.94 bits per heavy atom. The molecule has 5 rings (SSSR count). The molecule has 0 radical (unpaired) electrons. The van der Waals surface area contributed by atoms with E-state index in [9.17, 15) is 4.79 Å². The summed E-state index contributed by atoms with van der Waals surface area (Å²) in [6, 6.07) is 11.7. The molecule has 2 aliphatic rings. The van der Waals surface area contributed by atoms with E-state index in [2.05, 4.69) is 37.6 Å². The number of carbonyl (C=O) groups excluding carboxylic acids is 1. The lowest BCUT2D eigenvalue weighted by Crippen LogP contribution is -2.38. The van der Waals surface area contributed by atoms with E-state index in [0.717, 1.165) is 16.9 Å². The van der Waals surface area contributed by atoms with Crippen LogP contribution in [-0.2, 0) is 14.2 Å². The number of anilines is 3. The Hall–Kier alpha value is -3.21. The number of aromatic nitrogens is 2. The first-order valence-electron chi connectivity index (χ1n) is 10.7. The van der Waals surface area contributed by atoms with Crippen LogP contribution < -0.4 is 15.5 Å². The Morgan fingerprint density at radius 1 is 1.12 bits per heavy atom. The number of benzene rings is 1. The molecule has 9 nitrogen and oxygen atoms in total. The highest BCUT2D eigenvalue weighted by Crippen LogP contribution is 2.31. The number of fused-ring (bicyclic) bond motifs is 1. The van der Waals surface area contributed by atoms with Gasteiger partial charge in [-0.15, -0.1) is 0 Å². The van der Waals surface area contributed by atoms with Gasteiger partial charge in [-0.1, -0.05) is 12.1 Å². The lowest BCUT2D eigenvalue weighted by atomic mass is 10.1. The van der Waals surface area contributed by atoms with E-state index < -0.39 is 12.2 Å². The van der Waals surface area contributed by atoms with Crippen LogP contribution in [0.5, 0.6) is 0 Å². The van der Waals surface area contributed by atoms with Crippen LogP contribution in [-0.4, -0.2) is 67.7 Å². The number of nitrogens with zero attached hydrogens (tertiary/aromatic N) is 3. The number of nitrogens with one attached hydrogen (secondary N) is 2. The molecule has 2 aliphatic heterocycles. The molecular weight excluding hydrogens is 442 g/mol. The zero-order chi connectivity index (χ0) is 22.8. The van der Waals surface area contributed by atoms with Crippen molar-refractivity contribution in [3.63, 3.8) is 0 Å². The van der Waals surface area contributed by atoms with Crippen molar-refractivity contribution in [3.8, 4) is 11.3 Å². The van der Waals surface area contributed by atoms with Crippen LogP contribution in [0.1, 0.15) is 0 Å². The SMILES string of the molecule is CN(C)c1ccc(-c2ccnc(N[C@H]3CO[C@H]4[C@@H]3OC[C@H]4OC(=O)Nc3ccsc3)n2)cc1. The molecule has 10 heteroatoms. The fourth-order valence-electron chi connectivity index (χ4n) is 3.99. The third-order valence-corrected chi connectivity index (χ3v) is 6.37. The first-order chi connectivity index (χ1) is 16.1. The van der Waals surface area contributed by atoms with E-state index in [0.29, 0.717) is 18.2 Å². The van der Waals surface area contributed by atoms with Crippen molar-refractivity contribution >= 4 is 34.8 Å². The summed E-state index contributed by atoms with van der Waals surface area (Å²) in [7, 11) is 4.02. The highest BCUT2D eigenvalue weighted by Gasteiger charge is 2.49. The Morgan fingerprint density at radius 3 is 2.70 bits per heavy atom. The third kappa shape index (κ3) is 4.77. The summed E-state index contributed by atoms with van der Waals surface area (Å²) in [6.45, 7) is 0.691. The molecule has 1 aromatic carbocycles. The summed E-state index contributed by atoms with van der Waals surface area (Å²) in [5.74, 6) is 0.501. The van der Waals surface area contributed by atoms with Gasteiger partial charge in [0.1, 0.15) is 12.2 Å². The van der Waals surface area contributed by atoms with Crippen molar-refractivity contribution < 1.29 is 19.0 Å². The lowest BCUT2D eigenvalue weighted by Gasteiger charge is -2.18. The molecule has 172 valence electrons. The first-order valence-corrected chi connectivity index (χ1v) is 11.6. The van der Waals surface area contributed by atoms with Gasteiger partial charge >= 0.3 is 6.09 Å². The van der Waals surface area contributed by atoms with Crippen molar-refractivity contribution in [1.82, 2.24) is 9.97 Å². The number of hydrogen-bond acceptors (Lipinski definition) is 9. The zero-order valence-corrected chi connectivity index (χ0v) is 19.1. The largest absolute Gasteiger partial charge is 0.441 e. The molecule has 0 aliphatic carbocycles. The van der Waals surface area contributed by atoms with Crippen LogP contribution in [0.25, 0.3) is 11.3 Å². The molecule has 0 spiro atoms. The van der Waals surface area contributed by atoms with Crippen LogP contribution >= 0.6 is 11.3 Å². The molecule has 0 saturated carbocycles. The zero-order valence-electron chi connectivity index (χ0n) is 18.3. The van der Waals surface area contributed by atoms with Gasteiger partial charge in [0.25, 0.3) is 0 Å². The second kappa shape index (κ2) is 9.34. The van der Waals surface area contributed by atoms with E-state index in [4.69, 9.17) is 14.2 Å². The minimum Gasteiger partial charge on any atom is -0.441 e. The molecule has 0 bridgehead atoms. The van der Waals surface area contributed by atoms with Crippen LogP contribution in [0.15, 0.2) is 53.4 Å². The molecule has 2 N–H and O–H groups in total. The van der Waals surface area contributed by atoms with Gasteiger partial charge in [0.2, 0.25) is 5.95 Å².